The van der Waals surface area contributed by atoms with Gasteiger partial charge in [0.25, 0.3) is 0 Å². The third kappa shape index (κ3) is 7.90. The summed E-state index contributed by atoms with van der Waals surface area (Å²) >= 11 is 0. The first-order valence-corrected chi connectivity index (χ1v) is 17.9. The van der Waals surface area contributed by atoms with Gasteiger partial charge in [-0.05, 0) is 73.9 Å². The molecule has 16 nitrogen and oxygen atoms in total. The highest BCUT2D eigenvalue weighted by Gasteiger charge is 2.44. The molecule has 6 heterocycles. The van der Waals surface area contributed by atoms with E-state index in [0.717, 1.165) is 21.9 Å². The molecule has 0 aliphatic heterocycles. The Balaban J connectivity index is 0.000000172. The number of nitriles is 2. The zero-order valence-corrected chi connectivity index (χ0v) is 30.4. The summed E-state index contributed by atoms with van der Waals surface area (Å²) in [6.07, 6.45) is 11.0. The molecule has 0 saturated heterocycles. The smallest absolute Gasteiger partial charge is 0.230 e. The molecule has 2 amide bonds. The highest BCUT2D eigenvalue weighted by Crippen LogP contribution is 2.40. The van der Waals surface area contributed by atoms with Crippen LogP contribution in [-0.4, -0.2) is 54.9 Å². The SMILES string of the molecule is CCOc1ccncc1-c1cc2cc(NC(=O)[C@@H]3C[C@H]3C#N)ncc2c(N)n1.CCOc1ccncc1-c1cc2cc(NC(=O)[C@H]3C[C@@H]3C#N)ncc2c(N)n1. The number of fused-ring (bicyclic) bond motifs is 2. The van der Waals surface area contributed by atoms with Crippen molar-refractivity contribution in [2.75, 3.05) is 35.3 Å². The van der Waals surface area contributed by atoms with Gasteiger partial charge in [-0.15, -0.1) is 0 Å². The van der Waals surface area contributed by atoms with Crippen LogP contribution in [0.1, 0.15) is 26.7 Å². The van der Waals surface area contributed by atoms with Crippen molar-refractivity contribution in [3.63, 3.8) is 0 Å². The number of nitrogen functional groups attached to an aromatic ring is 2. The van der Waals surface area contributed by atoms with Crippen LogP contribution in [0.2, 0.25) is 0 Å². The molecule has 2 saturated carbocycles. The van der Waals surface area contributed by atoms with Crippen molar-refractivity contribution in [2.24, 2.45) is 23.7 Å². The third-order valence-corrected chi connectivity index (χ3v) is 9.29. The molecule has 0 radical (unpaired) electrons. The van der Waals surface area contributed by atoms with Crippen LogP contribution in [0.25, 0.3) is 44.1 Å². The molecule has 8 rings (SSSR count). The van der Waals surface area contributed by atoms with Gasteiger partial charge >= 0.3 is 0 Å². The standard InChI is InChI=1S/2C20H18N6O2/c2*1-2-28-17-3-4-23-9-15(17)16-6-11-7-18(24-10-14(11)19(22)25-16)26-20(27)13-5-12(13)8-21/h2*3-4,6-7,9-10,12-13H,2,5H2,1H3,(H2,22,25)(H,24,26,27)/t2*12-,13+/m10/s1. The number of ether oxygens (including phenoxy) is 2. The van der Waals surface area contributed by atoms with Crippen molar-refractivity contribution < 1.29 is 19.1 Å². The lowest BCUT2D eigenvalue weighted by atomic mass is 10.1. The molecule has 0 bridgehead atoms. The first-order valence-electron chi connectivity index (χ1n) is 17.9. The van der Waals surface area contributed by atoms with Gasteiger partial charge in [-0.1, -0.05) is 0 Å². The van der Waals surface area contributed by atoms with E-state index in [9.17, 15) is 9.59 Å². The van der Waals surface area contributed by atoms with Gasteiger partial charge < -0.3 is 31.6 Å². The van der Waals surface area contributed by atoms with Crippen molar-refractivity contribution in [3.05, 3.63) is 73.6 Å². The predicted octanol–water partition coefficient (Wildman–Crippen LogP) is 5.54. The zero-order chi connectivity index (χ0) is 39.3. The number of nitrogens with two attached hydrogens (primary N) is 2. The van der Waals surface area contributed by atoms with E-state index < -0.39 is 0 Å². The minimum absolute atomic E-state index is 0.188. The van der Waals surface area contributed by atoms with E-state index >= 15 is 0 Å². The van der Waals surface area contributed by atoms with Crippen molar-refractivity contribution in [3.8, 4) is 46.2 Å². The predicted molar refractivity (Wildman–Crippen MR) is 208 cm³/mol. The van der Waals surface area contributed by atoms with Crippen LogP contribution in [0, 0.1) is 46.3 Å². The van der Waals surface area contributed by atoms with Gasteiger partial charge in [0.1, 0.15) is 34.8 Å². The molecule has 0 unspecified atom stereocenters. The maximum absolute atomic E-state index is 12.2. The minimum atomic E-state index is -0.260. The number of hydrogen-bond acceptors (Lipinski definition) is 14. The van der Waals surface area contributed by atoms with Crippen LogP contribution in [-0.2, 0) is 9.59 Å². The summed E-state index contributed by atoms with van der Waals surface area (Å²) in [5.41, 5.74) is 15.0. The molecule has 2 aliphatic rings. The number of anilines is 4. The minimum Gasteiger partial charge on any atom is -0.493 e. The summed E-state index contributed by atoms with van der Waals surface area (Å²) < 4.78 is 11.3. The Morgan fingerprint density at radius 1 is 0.714 bits per heavy atom. The molecule has 0 spiro atoms. The topological polar surface area (TPSA) is 254 Å². The van der Waals surface area contributed by atoms with Gasteiger partial charge in [0.05, 0.1) is 71.5 Å². The Kier molecular flexibility index (Phi) is 10.5. The zero-order valence-electron chi connectivity index (χ0n) is 30.4. The molecule has 6 aromatic rings. The number of amides is 2. The lowest BCUT2D eigenvalue weighted by Crippen LogP contribution is -2.15. The van der Waals surface area contributed by atoms with Gasteiger partial charge in [0.2, 0.25) is 11.8 Å². The summed E-state index contributed by atoms with van der Waals surface area (Å²) in [5.74, 6) is 1.52. The van der Waals surface area contributed by atoms with Crippen LogP contribution in [0.4, 0.5) is 23.3 Å². The number of hydrogen-bond donors (Lipinski definition) is 4. The normalized spacial score (nSPS) is 17.7. The molecular weight excluding hydrogens is 713 g/mol. The van der Waals surface area contributed by atoms with E-state index in [-0.39, 0.29) is 35.5 Å². The van der Waals surface area contributed by atoms with Crippen LogP contribution < -0.4 is 31.6 Å². The first-order chi connectivity index (χ1) is 27.2. The van der Waals surface area contributed by atoms with Crippen molar-refractivity contribution in [2.45, 2.75) is 26.7 Å². The number of nitrogens with zero attached hydrogens (tertiary/aromatic N) is 8. The lowest BCUT2D eigenvalue weighted by Gasteiger charge is -2.11. The van der Waals surface area contributed by atoms with E-state index in [1.165, 1.54) is 0 Å². The van der Waals surface area contributed by atoms with E-state index in [1.54, 1.807) is 61.4 Å². The molecule has 2 fully saturated rings. The quantitative estimate of drug-likeness (QED) is 0.134. The summed E-state index contributed by atoms with van der Waals surface area (Å²) in [6.45, 7) is 4.85. The molecule has 4 atom stereocenters. The Morgan fingerprint density at radius 2 is 1.14 bits per heavy atom. The van der Waals surface area contributed by atoms with Crippen molar-refractivity contribution in [1.82, 2.24) is 29.9 Å². The monoisotopic (exact) mass is 748 g/mol. The molecule has 6 aromatic heterocycles. The summed E-state index contributed by atoms with van der Waals surface area (Å²) in [4.78, 5) is 50.1. The summed E-state index contributed by atoms with van der Waals surface area (Å²) in [7, 11) is 0. The average molecular weight is 749 g/mol. The van der Waals surface area contributed by atoms with E-state index in [0.29, 0.717) is 83.0 Å². The number of pyridine rings is 6. The Labute approximate surface area is 321 Å². The second-order valence-electron chi connectivity index (χ2n) is 13.1. The fourth-order valence-electron chi connectivity index (χ4n) is 6.16. The molecule has 6 N–H and O–H groups in total. The fourth-order valence-corrected chi connectivity index (χ4v) is 6.16. The van der Waals surface area contributed by atoms with Gasteiger partial charge in [-0.2, -0.15) is 10.5 Å². The number of nitrogens with one attached hydrogen (secondary N) is 2. The first kappa shape index (κ1) is 36.9. The number of carbonyl (C=O) groups is 2. The van der Waals surface area contributed by atoms with Crippen molar-refractivity contribution in [1.29, 1.82) is 10.5 Å². The van der Waals surface area contributed by atoms with Gasteiger partial charge in [-0.3, -0.25) is 19.6 Å². The molecule has 16 heteroatoms. The summed E-state index contributed by atoms with van der Waals surface area (Å²) in [5, 5.41) is 26.2. The van der Waals surface area contributed by atoms with Crippen molar-refractivity contribution >= 4 is 56.6 Å². The molecule has 280 valence electrons. The fraction of sp³-hybridized carbons (Fsp3) is 0.250. The Hall–Kier alpha value is -7.46. The van der Waals surface area contributed by atoms with Gasteiger partial charge in [0.15, 0.2) is 0 Å². The summed E-state index contributed by atoms with van der Waals surface area (Å²) in [6, 6.07) is 15.0. The van der Waals surface area contributed by atoms with Crippen LogP contribution in [0.15, 0.2) is 73.6 Å². The van der Waals surface area contributed by atoms with Crippen LogP contribution >= 0.6 is 0 Å². The largest absolute Gasteiger partial charge is 0.493 e. The third-order valence-electron chi connectivity index (χ3n) is 9.29. The average Bonchev–Trinajstić information content (AvgIpc) is 4.14. The van der Waals surface area contributed by atoms with Crippen LogP contribution in [0.3, 0.4) is 0 Å². The maximum atomic E-state index is 12.2. The molecule has 56 heavy (non-hydrogen) atoms. The van der Waals surface area contributed by atoms with Gasteiger partial charge in [-0.25, -0.2) is 19.9 Å². The number of rotatable bonds is 10. The van der Waals surface area contributed by atoms with Gasteiger partial charge in [0, 0.05) is 48.0 Å². The number of aromatic nitrogens is 6. The second-order valence-corrected chi connectivity index (χ2v) is 13.1. The van der Waals surface area contributed by atoms with Crippen LogP contribution in [0.5, 0.6) is 11.5 Å². The maximum Gasteiger partial charge on any atom is 0.230 e. The second kappa shape index (κ2) is 15.9. The Bertz CT molecular complexity index is 2390. The van der Waals surface area contributed by atoms with E-state index in [4.69, 9.17) is 31.5 Å². The molecule has 0 aromatic carbocycles. The lowest BCUT2D eigenvalue weighted by molar-refractivity contribution is -0.118. The Morgan fingerprint density at radius 3 is 1.52 bits per heavy atom. The molecule has 2 aliphatic carbocycles. The highest BCUT2D eigenvalue weighted by molar-refractivity contribution is 6.00. The number of carbonyl (C=O) groups excluding carboxylic acids is 2. The van der Waals surface area contributed by atoms with E-state index in [1.807, 2.05) is 26.0 Å². The van der Waals surface area contributed by atoms with E-state index in [2.05, 4.69) is 52.7 Å². The highest BCUT2D eigenvalue weighted by atomic mass is 16.5. The molecular formula is C40H36N12O4.